The lowest BCUT2D eigenvalue weighted by molar-refractivity contribution is -0.0544. The first-order valence-electron chi connectivity index (χ1n) is 8.64. The van der Waals surface area contributed by atoms with Crippen LogP contribution in [0.15, 0.2) is 6.07 Å². The van der Waals surface area contributed by atoms with Crippen molar-refractivity contribution in [3.05, 3.63) is 17.5 Å². The van der Waals surface area contributed by atoms with Crippen LogP contribution in [0.5, 0.6) is 0 Å². The summed E-state index contributed by atoms with van der Waals surface area (Å²) in [5, 5.41) is 0. The molecule has 3 rings (SSSR count). The maximum atomic E-state index is 13.0. The van der Waals surface area contributed by atoms with Gasteiger partial charge in [0, 0.05) is 44.1 Å². The predicted molar refractivity (Wildman–Crippen MR) is 91.9 cm³/mol. The van der Waals surface area contributed by atoms with Crippen molar-refractivity contribution in [2.75, 3.05) is 45.6 Å². The maximum absolute atomic E-state index is 13.0. The molecule has 0 aliphatic carbocycles. The molecule has 2 aliphatic rings. The molecule has 0 unspecified atom stereocenters. The Labute approximate surface area is 143 Å². The van der Waals surface area contributed by atoms with Crippen molar-refractivity contribution in [3.8, 4) is 0 Å². The van der Waals surface area contributed by atoms with E-state index in [0.29, 0.717) is 18.8 Å². The van der Waals surface area contributed by atoms with Crippen LogP contribution >= 0.6 is 0 Å². The lowest BCUT2D eigenvalue weighted by atomic mass is 9.86. The molecule has 132 valence electrons. The molecule has 0 atom stereocenters. The molecule has 3 heterocycles. The Hall–Kier alpha value is -1.73. The van der Waals surface area contributed by atoms with Gasteiger partial charge < -0.3 is 15.4 Å². The lowest BCUT2D eigenvalue weighted by Gasteiger charge is -2.51. The summed E-state index contributed by atoms with van der Waals surface area (Å²) in [6.45, 7) is 7.86. The summed E-state index contributed by atoms with van der Waals surface area (Å²) in [5.74, 6) is 0.320. The number of nitrogen functional groups attached to an aromatic ring is 1. The van der Waals surface area contributed by atoms with Crippen LogP contribution in [0.3, 0.4) is 0 Å². The van der Waals surface area contributed by atoms with Crippen LogP contribution in [0.2, 0.25) is 0 Å². The van der Waals surface area contributed by atoms with Crippen LogP contribution in [0.4, 0.5) is 5.95 Å². The summed E-state index contributed by atoms with van der Waals surface area (Å²) < 4.78 is 5.52. The Morgan fingerprint density at radius 3 is 2.67 bits per heavy atom. The molecular weight excluding hydrogens is 306 g/mol. The molecule has 24 heavy (non-hydrogen) atoms. The zero-order chi connectivity index (χ0) is 17.3. The number of rotatable bonds is 2. The summed E-state index contributed by atoms with van der Waals surface area (Å²) in [5.41, 5.74) is 7.03. The van der Waals surface area contributed by atoms with Crippen LogP contribution in [0, 0.1) is 0 Å². The highest BCUT2D eigenvalue weighted by Gasteiger charge is 2.42. The van der Waals surface area contributed by atoms with E-state index in [2.05, 4.69) is 21.9 Å². The summed E-state index contributed by atoms with van der Waals surface area (Å²) >= 11 is 0. The van der Waals surface area contributed by atoms with Gasteiger partial charge in [-0.15, -0.1) is 0 Å². The second kappa shape index (κ2) is 6.64. The van der Waals surface area contributed by atoms with Gasteiger partial charge in [-0.2, -0.15) is 0 Å². The first-order valence-corrected chi connectivity index (χ1v) is 8.64. The third-order valence-electron chi connectivity index (χ3n) is 5.28. The Balaban J connectivity index is 1.82. The summed E-state index contributed by atoms with van der Waals surface area (Å²) in [7, 11) is 2.15. The standard InChI is InChI=1S/C17H27N5O2/c1-12(2)13-10-14(20-16(18)19-13)15(23)22-7-6-21(3)17(11-22)4-8-24-9-5-17/h10,12H,4-9,11H2,1-3H3,(H2,18,19,20). The molecule has 1 aromatic heterocycles. The molecule has 7 heteroatoms. The Bertz CT molecular complexity index is 613. The van der Waals surface area contributed by atoms with Crippen molar-refractivity contribution >= 4 is 11.9 Å². The number of nitrogens with two attached hydrogens (primary N) is 1. The summed E-state index contributed by atoms with van der Waals surface area (Å²) in [6, 6.07) is 1.78. The minimum atomic E-state index is -0.0510. The second-order valence-electron chi connectivity index (χ2n) is 7.18. The molecule has 2 N–H and O–H groups in total. The van der Waals surface area contributed by atoms with E-state index in [4.69, 9.17) is 10.5 Å². The summed E-state index contributed by atoms with van der Waals surface area (Å²) in [4.78, 5) is 25.7. The first-order chi connectivity index (χ1) is 11.4. The number of hydrogen-bond acceptors (Lipinski definition) is 6. The zero-order valence-corrected chi connectivity index (χ0v) is 14.8. The van der Waals surface area contributed by atoms with E-state index in [0.717, 1.165) is 38.3 Å². The largest absolute Gasteiger partial charge is 0.381 e. The number of amides is 1. The predicted octanol–water partition coefficient (Wildman–Crippen LogP) is 1.12. The van der Waals surface area contributed by atoms with Crippen LogP contribution < -0.4 is 5.73 Å². The molecule has 0 saturated carbocycles. The number of ether oxygens (including phenoxy) is 1. The molecule has 7 nitrogen and oxygen atoms in total. The number of carbonyl (C=O) groups is 1. The fourth-order valence-electron chi connectivity index (χ4n) is 3.58. The smallest absolute Gasteiger partial charge is 0.272 e. The molecule has 1 amide bonds. The third-order valence-corrected chi connectivity index (χ3v) is 5.28. The Kier molecular flexibility index (Phi) is 4.73. The van der Waals surface area contributed by atoms with Crippen LogP contribution in [-0.2, 0) is 4.74 Å². The number of aromatic nitrogens is 2. The van der Waals surface area contributed by atoms with Gasteiger partial charge in [-0.05, 0) is 31.9 Å². The normalized spacial score (nSPS) is 21.4. The van der Waals surface area contributed by atoms with E-state index in [1.54, 1.807) is 6.07 Å². The number of anilines is 1. The molecule has 0 radical (unpaired) electrons. The molecular formula is C17H27N5O2. The minimum Gasteiger partial charge on any atom is -0.381 e. The average molecular weight is 333 g/mol. The van der Waals surface area contributed by atoms with Crippen LogP contribution in [-0.4, -0.2) is 71.1 Å². The summed E-state index contributed by atoms with van der Waals surface area (Å²) in [6.07, 6.45) is 1.91. The molecule has 2 aliphatic heterocycles. The number of carbonyl (C=O) groups excluding carboxylic acids is 1. The molecule has 2 saturated heterocycles. The highest BCUT2D eigenvalue weighted by molar-refractivity contribution is 5.92. The SMILES string of the molecule is CC(C)c1cc(C(=O)N2CCN(C)C3(CCOCC3)C2)nc(N)n1. The van der Waals surface area contributed by atoms with Gasteiger partial charge in [0.2, 0.25) is 5.95 Å². The number of likely N-dealkylation sites (N-methyl/N-ethyl adjacent to an activating group) is 1. The second-order valence-corrected chi connectivity index (χ2v) is 7.18. The van der Waals surface area contributed by atoms with Crippen molar-refractivity contribution in [3.63, 3.8) is 0 Å². The zero-order valence-electron chi connectivity index (χ0n) is 14.8. The number of hydrogen-bond donors (Lipinski definition) is 1. The Morgan fingerprint density at radius 1 is 1.29 bits per heavy atom. The molecule has 1 aromatic rings. The molecule has 1 spiro atoms. The third kappa shape index (κ3) is 3.23. The van der Waals surface area contributed by atoms with Gasteiger partial charge in [0.25, 0.3) is 5.91 Å². The fraction of sp³-hybridized carbons (Fsp3) is 0.706. The van der Waals surface area contributed by atoms with Gasteiger partial charge in [0.15, 0.2) is 0 Å². The van der Waals surface area contributed by atoms with E-state index in [1.165, 1.54) is 0 Å². The van der Waals surface area contributed by atoms with Gasteiger partial charge in [-0.1, -0.05) is 13.8 Å². The first kappa shape index (κ1) is 17.1. The maximum Gasteiger partial charge on any atom is 0.272 e. The van der Waals surface area contributed by atoms with Gasteiger partial charge in [-0.3, -0.25) is 9.69 Å². The van der Waals surface area contributed by atoms with Crippen molar-refractivity contribution < 1.29 is 9.53 Å². The molecule has 0 bridgehead atoms. The lowest BCUT2D eigenvalue weighted by Crippen LogP contribution is -2.63. The van der Waals surface area contributed by atoms with Crippen molar-refractivity contribution in [1.29, 1.82) is 0 Å². The van der Waals surface area contributed by atoms with Gasteiger partial charge in [-0.25, -0.2) is 9.97 Å². The van der Waals surface area contributed by atoms with E-state index >= 15 is 0 Å². The quantitative estimate of drug-likeness (QED) is 0.873. The van der Waals surface area contributed by atoms with Crippen LogP contribution in [0.25, 0.3) is 0 Å². The number of piperazine rings is 1. The average Bonchev–Trinajstić information content (AvgIpc) is 2.57. The molecule has 0 aromatic carbocycles. The van der Waals surface area contributed by atoms with E-state index < -0.39 is 0 Å². The topological polar surface area (TPSA) is 84.6 Å². The van der Waals surface area contributed by atoms with E-state index in [9.17, 15) is 4.79 Å². The van der Waals surface area contributed by atoms with Crippen molar-refractivity contribution in [1.82, 2.24) is 19.8 Å². The Morgan fingerprint density at radius 2 is 2.00 bits per heavy atom. The van der Waals surface area contributed by atoms with Gasteiger partial charge >= 0.3 is 0 Å². The fourth-order valence-corrected chi connectivity index (χ4v) is 3.58. The minimum absolute atomic E-state index is 0.0195. The monoisotopic (exact) mass is 333 g/mol. The van der Waals surface area contributed by atoms with Crippen LogP contribution in [0.1, 0.15) is 48.8 Å². The van der Waals surface area contributed by atoms with Crippen molar-refractivity contribution in [2.45, 2.75) is 38.1 Å². The van der Waals surface area contributed by atoms with Gasteiger partial charge in [0.1, 0.15) is 5.69 Å². The van der Waals surface area contributed by atoms with E-state index in [-0.39, 0.29) is 23.3 Å². The number of nitrogens with zero attached hydrogens (tertiary/aromatic N) is 4. The van der Waals surface area contributed by atoms with E-state index in [1.807, 2.05) is 18.7 Å². The highest BCUT2D eigenvalue weighted by atomic mass is 16.5. The molecule has 2 fully saturated rings. The van der Waals surface area contributed by atoms with Gasteiger partial charge in [0.05, 0.1) is 0 Å². The highest BCUT2D eigenvalue weighted by Crippen LogP contribution is 2.31. The van der Waals surface area contributed by atoms with Crippen molar-refractivity contribution in [2.24, 2.45) is 0 Å².